The predicted octanol–water partition coefficient (Wildman–Crippen LogP) is 3.18. The van der Waals surface area contributed by atoms with Gasteiger partial charge in [0.15, 0.2) is 0 Å². The molecule has 1 unspecified atom stereocenters. The Morgan fingerprint density at radius 2 is 2.25 bits per heavy atom. The molecule has 3 rings (SSSR count). The van der Waals surface area contributed by atoms with Crippen molar-refractivity contribution in [2.24, 2.45) is 5.92 Å². The highest BCUT2D eigenvalue weighted by atomic mass is 19.1. The first-order valence-electron chi connectivity index (χ1n) is 6.83. The normalized spacial score (nSPS) is 19.2. The Balaban J connectivity index is 1.75. The molecule has 1 aromatic carbocycles. The van der Waals surface area contributed by atoms with Crippen LogP contribution in [0.4, 0.5) is 4.39 Å². The van der Waals surface area contributed by atoms with Crippen molar-refractivity contribution in [1.82, 2.24) is 10.1 Å². The van der Waals surface area contributed by atoms with Crippen LogP contribution in [0.5, 0.6) is 0 Å². The van der Waals surface area contributed by atoms with Crippen molar-refractivity contribution in [2.45, 2.75) is 32.1 Å². The average molecular weight is 274 g/mol. The van der Waals surface area contributed by atoms with Gasteiger partial charge < -0.3 is 4.52 Å². The van der Waals surface area contributed by atoms with E-state index < -0.39 is 0 Å². The SMILES string of the molecule is O=C1CCCCC1Cc1nc(-c2cccc(F)c2)no1. The molecule has 4 nitrogen and oxygen atoms in total. The highest BCUT2D eigenvalue weighted by molar-refractivity contribution is 5.81. The summed E-state index contributed by atoms with van der Waals surface area (Å²) in [6.07, 6.45) is 4.07. The van der Waals surface area contributed by atoms with Gasteiger partial charge in [-0.05, 0) is 25.0 Å². The van der Waals surface area contributed by atoms with E-state index in [2.05, 4.69) is 10.1 Å². The van der Waals surface area contributed by atoms with Gasteiger partial charge in [-0.25, -0.2) is 4.39 Å². The molecule has 5 heteroatoms. The molecule has 0 N–H and O–H groups in total. The summed E-state index contributed by atoms with van der Waals surface area (Å²) < 4.78 is 18.3. The number of hydrogen-bond donors (Lipinski definition) is 0. The van der Waals surface area contributed by atoms with Crippen LogP contribution >= 0.6 is 0 Å². The van der Waals surface area contributed by atoms with Crippen LogP contribution in [0, 0.1) is 11.7 Å². The quantitative estimate of drug-likeness (QED) is 0.862. The Labute approximate surface area is 116 Å². The van der Waals surface area contributed by atoms with Gasteiger partial charge in [0, 0.05) is 24.3 Å². The highest BCUT2D eigenvalue weighted by Crippen LogP contribution is 2.24. The average Bonchev–Trinajstić information content (AvgIpc) is 2.90. The van der Waals surface area contributed by atoms with Crippen LogP contribution in [0.25, 0.3) is 11.4 Å². The van der Waals surface area contributed by atoms with E-state index in [0.29, 0.717) is 30.1 Å². The molecule has 104 valence electrons. The van der Waals surface area contributed by atoms with E-state index >= 15 is 0 Å². The van der Waals surface area contributed by atoms with Gasteiger partial charge >= 0.3 is 0 Å². The van der Waals surface area contributed by atoms with Crippen molar-refractivity contribution in [3.05, 3.63) is 36.0 Å². The Hall–Kier alpha value is -2.04. The van der Waals surface area contributed by atoms with Gasteiger partial charge in [-0.3, -0.25) is 4.79 Å². The van der Waals surface area contributed by atoms with Gasteiger partial charge in [0.2, 0.25) is 11.7 Å². The van der Waals surface area contributed by atoms with Crippen LogP contribution in [0.1, 0.15) is 31.6 Å². The summed E-state index contributed by atoms with van der Waals surface area (Å²) in [6.45, 7) is 0. The van der Waals surface area contributed by atoms with E-state index in [4.69, 9.17) is 4.52 Å². The molecule has 0 radical (unpaired) electrons. The topological polar surface area (TPSA) is 56.0 Å². The highest BCUT2D eigenvalue weighted by Gasteiger charge is 2.24. The third-order valence-corrected chi connectivity index (χ3v) is 3.65. The second-order valence-corrected chi connectivity index (χ2v) is 5.14. The summed E-state index contributed by atoms with van der Waals surface area (Å²) in [6, 6.07) is 6.06. The lowest BCUT2D eigenvalue weighted by molar-refractivity contribution is -0.124. The third-order valence-electron chi connectivity index (χ3n) is 3.65. The molecule has 1 aliphatic carbocycles. The van der Waals surface area contributed by atoms with Crippen LogP contribution in [-0.4, -0.2) is 15.9 Å². The Bertz CT molecular complexity index is 624. The van der Waals surface area contributed by atoms with Crippen LogP contribution in [0.15, 0.2) is 28.8 Å². The van der Waals surface area contributed by atoms with Gasteiger partial charge in [0.05, 0.1) is 0 Å². The molecule has 1 heterocycles. The van der Waals surface area contributed by atoms with Gasteiger partial charge in [-0.15, -0.1) is 0 Å². The minimum Gasteiger partial charge on any atom is -0.339 e. The first kappa shape index (κ1) is 13.0. The molecule has 0 spiro atoms. The molecule has 1 fully saturated rings. The molecule has 1 atom stereocenters. The zero-order valence-corrected chi connectivity index (χ0v) is 11.0. The first-order chi connectivity index (χ1) is 9.72. The van der Waals surface area contributed by atoms with Crippen molar-refractivity contribution in [1.29, 1.82) is 0 Å². The molecular weight excluding hydrogens is 259 g/mol. The summed E-state index contributed by atoms with van der Waals surface area (Å²) in [4.78, 5) is 16.0. The van der Waals surface area contributed by atoms with E-state index in [1.807, 2.05) is 0 Å². The van der Waals surface area contributed by atoms with Crippen molar-refractivity contribution < 1.29 is 13.7 Å². The number of carbonyl (C=O) groups is 1. The molecule has 0 aliphatic heterocycles. The van der Waals surface area contributed by atoms with Crippen molar-refractivity contribution in [3.63, 3.8) is 0 Å². The second kappa shape index (κ2) is 5.53. The maximum absolute atomic E-state index is 13.2. The molecule has 2 aromatic rings. The van der Waals surface area contributed by atoms with Crippen LogP contribution in [0.2, 0.25) is 0 Å². The fourth-order valence-corrected chi connectivity index (χ4v) is 2.56. The lowest BCUT2D eigenvalue weighted by Gasteiger charge is -2.18. The van der Waals surface area contributed by atoms with E-state index in [-0.39, 0.29) is 17.5 Å². The maximum atomic E-state index is 13.2. The molecule has 1 aromatic heterocycles. The fraction of sp³-hybridized carbons (Fsp3) is 0.400. The number of Topliss-reactive ketones (excluding diaryl/α,β-unsaturated/α-hetero) is 1. The van der Waals surface area contributed by atoms with E-state index in [1.165, 1.54) is 12.1 Å². The zero-order valence-electron chi connectivity index (χ0n) is 11.0. The molecular formula is C15H15FN2O2. The standard InChI is InChI=1S/C15H15FN2O2/c16-12-6-3-5-11(8-12)15-17-14(20-18-15)9-10-4-1-2-7-13(10)19/h3,5-6,8,10H,1-2,4,7,9H2. The Morgan fingerprint density at radius 3 is 3.05 bits per heavy atom. The summed E-state index contributed by atoms with van der Waals surface area (Å²) >= 11 is 0. The minimum absolute atomic E-state index is 0.00967. The number of nitrogens with zero attached hydrogens (tertiary/aromatic N) is 2. The first-order valence-corrected chi connectivity index (χ1v) is 6.83. The molecule has 20 heavy (non-hydrogen) atoms. The summed E-state index contributed by atoms with van der Waals surface area (Å²) in [5.74, 6) is 0.745. The Morgan fingerprint density at radius 1 is 1.35 bits per heavy atom. The number of ketones is 1. The van der Waals surface area contributed by atoms with Gasteiger partial charge in [-0.1, -0.05) is 23.7 Å². The molecule has 0 bridgehead atoms. The Kier molecular flexibility index (Phi) is 3.58. The maximum Gasteiger partial charge on any atom is 0.227 e. The van der Waals surface area contributed by atoms with E-state index in [0.717, 1.165) is 19.3 Å². The number of rotatable bonds is 3. The zero-order chi connectivity index (χ0) is 13.9. The summed E-state index contributed by atoms with van der Waals surface area (Å²) in [7, 11) is 0. The van der Waals surface area contributed by atoms with Crippen LogP contribution in [0.3, 0.4) is 0 Å². The number of carbonyl (C=O) groups excluding carboxylic acids is 1. The molecule has 0 saturated heterocycles. The number of aromatic nitrogens is 2. The number of benzene rings is 1. The lowest BCUT2D eigenvalue weighted by Crippen LogP contribution is -2.21. The van der Waals surface area contributed by atoms with Gasteiger partial charge in [-0.2, -0.15) is 4.98 Å². The number of halogens is 1. The van der Waals surface area contributed by atoms with Crippen LogP contribution in [-0.2, 0) is 11.2 Å². The van der Waals surface area contributed by atoms with E-state index in [9.17, 15) is 9.18 Å². The lowest BCUT2D eigenvalue weighted by atomic mass is 9.86. The van der Waals surface area contributed by atoms with Crippen molar-refractivity contribution in [3.8, 4) is 11.4 Å². The molecule has 1 aliphatic rings. The van der Waals surface area contributed by atoms with Gasteiger partial charge in [0.1, 0.15) is 11.6 Å². The van der Waals surface area contributed by atoms with Crippen molar-refractivity contribution in [2.75, 3.05) is 0 Å². The largest absolute Gasteiger partial charge is 0.339 e. The smallest absolute Gasteiger partial charge is 0.227 e. The second-order valence-electron chi connectivity index (χ2n) is 5.14. The van der Waals surface area contributed by atoms with Crippen LogP contribution < -0.4 is 0 Å². The summed E-state index contributed by atoms with van der Waals surface area (Å²) in [5, 5.41) is 3.85. The third kappa shape index (κ3) is 2.76. The minimum atomic E-state index is -0.337. The van der Waals surface area contributed by atoms with E-state index in [1.54, 1.807) is 12.1 Å². The van der Waals surface area contributed by atoms with Gasteiger partial charge in [0.25, 0.3) is 0 Å². The molecule has 0 amide bonds. The molecule has 1 saturated carbocycles. The number of hydrogen-bond acceptors (Lipinski definition) is 4. The monoisotopic (exact) mass is 274 g/mol. The predicted molar refractivity (Wildman–Crippen MR) is 70.4 cm³/mol. The van der Waals surface area contributed by atoms with Crippen molar-refractivity contribution >= 4 is 5.78 Å². The summed E-state index contributed by atoms with van der Waals surface area (Å²) in [5.41, 5.74) is 0.579. The fourth-order valence-electron chi connectivity index (χ4n) is 2.56.